The summed E-state index contributed by atoms with van der Waals surface area (Å²) in [5.41, 5.74) is 1.09. The van der Waals surface area contributed by atoms with Gasteiger partial charge in [-0.05, 0) is 36.9 Å². The summed E-state index contributed by atoms with van der Waals surface area (Å²) in [6.45, 7) is 4.24. The van der Waals surface area contributed by atoms with Crippen LogP contribution in [0.1, 0.15) is 5.56 Å². The molecule has 1 aliphatic rings. The van der Waals surface area contributed by atoms with Gasteiger partial charge in [-0.15, -0.1) is 0 Å². The Kier molecular flexibility index (Phi) is 6.17. The lowest BCUT2D eigenvalue weighted by Gasteiger charge is -2.32. The van der Waals surface area contributed by atoms with Crippen molar-refractivity contribution in [1.82, 2.24) is 14.9 Å². The maximum atomic E-state index is 9.52. The molecule has 29 heavy (non-hydrogen) atoms. The highest BCUT2D eigenvalue weighted by Crippen LogP contribution is 2.35. The number of piperazine rings is 1. The Labute approximate surface area is 175 Å². The zero-order valence-corrected chi connectivity index (χ0v) is 17.2. The van der Waals surface area contributed by atoms with E-state index in [4.69, 9.17) is 9.72 Å². The number of aromatic hydroxyl groups is 1. The fourth-order valence-corrected chi connectivity index (χ4v) is 3.87. The first kappa shape index (κ1) is 19.5. The molecule has 1 N–H and O–H groups in total. The molecule has 0 spiro atoms. The van der Waals surface area contributed by atoms with Crippen LogP contribution in [0.2, 0.25) is 0 Å². The van der Waals surface area contributed by atoms with Gasteiger partial charge in [0.2, 0.25) is 11.8 Å². The molecule has 3 aromatic rings. The molecule has 1 saturated heterocycles. The molecule has 2 aromatic carbocycles. The van der Waals surface area contributed by atoms with Crippen molar-refractivity contribution in [2.75, 3.05) is 38.1 Å². The molecule has 6 nitrogen and oxygen atoms in total. The molecule has 1 aliphatic heterocycles. The van der Waals surface area contributed by atoms with Crippen LogP contribution in [0.15, 0.2) is 70.6 Å². The number of aromatic nitrogens is 2. The van der Waals surface area contributed by atoms with E-state index >= 15 is 0 Å². The van der Waals surface area contributed by atoms with Crippen molar-refractivity contribution < 1.29 is 9.84 Å². The average molecular weight is 409 g/mol. The lowest BCUT2D eigenvalue weighted by atomic mass is 10.2. The van der Waals surface area contributed by atoms with Crippen molar-refractivity contribution in [2.24, 2.45) is 0 Å². The fraction of sp³-hybridized carbons (Fsp3) is 0.273. The number of rotatable bonds is 6. The van der Waals surface area contributed by atoms with E-state index in [-0.39, 0.29) is 5.75 Å². The smallest absolute Gasteiger partial charge is 0.232 e. The number of likely N-dealkylation sites (N-methyl/N-ethyl adjacent to an activating group) is 1. The second-order valence-corrected chi connectivity index (χ2v) is 8.12. The number of hydrogen-bond acceptors (Lipinski definition) is 7. The van der Waals surface area contributed by atoms with Gasteiger partial charge in [0, 0.05) is 31.1 Å². The molecule has 0 atom stereocenters. The first-order valence-corrected chi connectivity index (χ1v) is 10.4. The van der Waals surface area contributed by atoms with Crippen LogP contribution in [0.3, 0.4) is 0 Å². The molecule has 1 aromatic heterocycles. The van der Waals surface area contributed by atoms with Gasteiger partial charge in [-0.2, -0.15) is 4.98 Å². The summed E-state index contributed by atoms with van der Waals surface area (Å²) in [6, 6.07) is 17.2. The third kappa shape index (κ3) is 5.19. The van der Waals surface area contributed by atoms with E-state index in [1.807, 2.05) is 48.7 Å². The first-order valence-electron chi connectivity index (χ1n) is 9.61. The Balaban J connectivity index is 1.57. The Morgan fingerprint density at radius 3 is 2.45 bits per heavy atom. The van der Waals surface area contributed by atoms with E-state index < -0.39 is 0 Å². The summed E-state index contributed by atoms with van der Waals surface area (Å²) in [7, 11) is 2.13. The molecule has 0 aliphatic carbocycles. The molecule has 0 radical (unpaired) electrons. The highest BCUT2D eigenvalue weighted by atomic mass is 32.2. The van der Waals surface area contributed by atoms with Crippen LogP contribution in [0.25, 0.3) is 0 Å². The third-order valence-electron chi connectivity index (χ3n) is 4.78. The zero-order chi connectivity index (χ0) is 20.1. The standard InChI is InChI=1S/C22H24N4O2S/c1-25-11-13-26(14-12-25)22-23-15-20(29-19-9-7-18(27)8-10-19)21(24-22)28-16-17-5-3-2-4-6-17/h2-10,15,27H,11-14,16H2,1H3. The van der Waals surface area contributed by atoms with Crippen LogP contribution in [-0.4, -0.2) is 53.2 Å². The Bertz CT molecular complexity index is 929. The SMILES string of the molecule is CN1CCN(c2ncc(Sc3ccc(O)cc3)c(OCc3ccccc3)n2)CC1. The van der Waals surface area contributed by atoms with Crippen LogP contribution in [0, 0.1) is 0 Å². The summed E-state index contributed by atoms with van der Waals surface area (Å²) in [6.07, 6.45) is 1.83. The van der Waals surface area contributed by atoms with Crippen molar-refractivity contribution in [1.29, 1.82) is 0 Å². The quantitative estimate of drug-likeness (QED) is 0.668. The number of phenolic OH excluding ortho intramolecular Hbond substituents is 1. The molecular formula is C22H24N4O2S. The van der Waals surface area contributed by atoms with E-state index in [1.165, 1.54) is 11.8 Å². The number of hydrogen-bond donors (Lipinski definition) is 1. The number of benzene rings is 2. The van der Waals surface area contributed by atoms with Gasteiger partial charge in [0.15, 0.2) is 0 Å². The normalized spacial score (nSPS) is 14.7. The van der Waals surface area contributed by atoms with Crippen LogP contribution >= 0.6 is 11.8 Å². The largest absolute Gasteiger partial charge is 0.508 e. The maximum Gasteiger partial charge on any atom is 0.232 e. The molecular weight excluding hydrogens is 384 g/mol. The minimum Gasteiger partial charge on any atom is -0.508 e. The predicted molar refractivity (Wildman–Crippen MR) is 115 cm³/mol. The molecule has 0 bridgehead atoms. The lowest BCUT2D eigenvalue weighted by Crippen LogP contribution is -2.45. The number of anilines is 1. The van der Waals surface area contributed by atoms with Gasteiger partial charge in [0.05, 0.1) is 11.1 Å². The Hall–Kier alpha value is -2.77. The lowest BCUT2D eigenvalue weighted by molar-refractivity contribution is 0.283. The van der Waals surface area contributed by atoms with Gasteiger partial charge >= 0.3 is 0 Å². The van der Waals surface area contributed by atoms with Gasteiger partial charge in [-0.25, -0.2) is 4.98 Å². The third-order valence-corrected chi connectivity index (χ3v) is 5.79. The first-order chi connectivity index (χ1) is 14.2. The Morgan fingerprint density at radius 2 is 1.72 bits per heavy atom. The second kappa shape index (κ2) is 9.15. The van der Waals surface area contributed by atoms with Gasteiger partial charge in [-0.3, -0.25) is 0 Å². The van der Waals surface area contributed by atoms with Gasteiger partial charge in [0.25, 0.3) is 0 Å². The minimum absolute atomic E-state index is 0.247. The molecule has 0 amide bonds. The maximum absolute atomic E-state index is 9.52. The van der Waals surface area contributed by atoms with Gasteiger partial charge in [0.1, 0.15) is 12.4 Å². The number of ether oxygens (including phenoxy) is 1. The van der Waals surface area contributed by atoms with E-state index in [2.05, 4.69) is 21.8 Å². The minimum atomic E-state index is 0.247. The predicted octanol–water partition coefficient (Wildman–Crippen LogP) is 3.66. The van der Waals surface area contributed by atoms with E-state index in [9.17, 15) is 5.11 Å². The highest BCUT2D eigenvalue weighted by Gasteiger charge is 2.19. The summed E-state index contributed by atoms with van der Waals surface area (Å²) in [5, 5.41) is 9.52. The van der Waals surface area contributed by atoms with E-state index in [0.29, 0.717) is 18.4 Å². The van der Waals surface area contributed by atoms with Crippen molar-refractivity contribution in [3.05, 3.63) is 66.4 Å². The summed E-state index contributed by atoms with van der Waals surface area (Å²) in [4.78, 5) is 15.7. The van der Waals surface area contributed by atoms with Crippen molar-refractivity contribution in [3.8, 4) is 11.6 Å². The number of phenols is 1. The topological polar surface area (TPSA) is 61.7 Å². The van der Waals surface area contributed by atoms with Crippen molar-refractivity contribution in [3.63, 3.8) is 0 Å². The molecule has 7 heteroatoms. The summed E-state index contributed by atoms with van der Waals surface area (Å²) in [5.74, 6) is 1.53. The van der Waals surface area contributed by atoms with Crippen LogP contribution in [0.4, 0.5) is 5.95 Å². The van der Waals surface area contributed by atoms with Crippen molar-refractivity contribution in [2.45, 2.75) is 16.4 Å². The van der Waals surface area contributed by atoms with Gasteiger partial charge < -0.3 is 19.6 Å². The molecule has 2 heterocycles. The number of nitrogens with zero attached hydrogens (tertiary/aromatic N) is 4. The Morgan fingerprint density at radius 1 is 1.00 bits per heavy atom. The molecule has 150 valence electrons. The second-order valence-electron chi connectivity index (χ2n) is 7.00. The van der Waals surface area contributed by atoms with E-state index in [1.54, 1.807) is 12.1 Å². The zero-order valence-electron chi connectivity index (χ0n) is 16.4. The molecule has 4 rings (SSSR count). The average Bonchev–Trinajstić information content (AvgIpc) is 2.76. The van der Waals surface area contributed by atoms with Gasteiger partial charge in [-0.1, -0.05) is 42.1 Å². The molecule has 0 unspecified atom stereocenters. The summed E-state index contributed by atoms with van der Waals surface area (Å²) >= 11 is 1.53. The molecule has 1 fully saturated rings. The molecule has 0 saturated carbocycles. The van der Waals surface area contributed by atoms with Crippen molar-refractivity contribution >= 4 is 17.7 Å². The van der Waals surface area contributed by atoms with Crippen LogP contribution in [-0.2, 0) is 6.61 Å². The van der Waals surface area contributed by atoms with Crippen LogP contribution < -0.4 is 9.64 Å². The fourth-order valence-electron chi connectivity index (χ4n) is 3.05. The monoisotopic (exact) mass is 408 g/mol. The van der Waals surface area contributed by atoms with Crippen LogP contribution in [0.5, 0.6) is 11.6 Å². The van der Waals surface area contributed by atoms with E-state index in [0.717, 1.165) is 41.5 Å². The summed E-state index contributed by atoms with van der Waals surface area (Å²) < 4.78 is 6.11. The highest BCUT2D eigenvalue weighted by molar-refractivity contribution is 7.99.